The van der Waals surface area contributed by atoms with Gasteiger partial charge in [-0.15, -0.1) is 12.4 Å². The van der Waals surface area contributed by atoms with Crippen molar-refractivity contribution < 1.29 is 4.79 Å². The van der Waals surface area contributed by atoms with Crippen LogP contribution in [0.15, 0.2) is 0 Å². The first kappa shape index (κ1) is 15.1. The highest BCUT2D eigenvalue weighted by Crippen LogP contribution is 2.43. The Labute approximate surface area is 122 Å². The first-order valence-corrected chi connectivity index (χ1v) is 7.84. The molecule has 0 spiro atoms. The van der Waals surface area contributed by atoms with Crippen LogP contribution in [0.5, 0.6) is 0 Å². The number of carbonyl (C=O) groups excluding carboxylic acids is 1. The summed E-state index contributed by atoms with van der Waals surface area (Å²) < 4.78 is 0. The van der Waals surface area contributed by atoms with E-state index in [0.717, 1.165) is 44.4 Å². The molecule has 2 saturated carbocycles. The second-order valence-electron chi connectivity index (χ2n) is 6.39. The minimum atomic E-state index is 0. The highest BCUT2D eigenvalue weighted by Gasteiger charge is 2.36. The van der Waals surface area contributed by atoms with E-state index in [4.69, 9.17) is 0 Å². The molecule has 2 aliphatic carbocycles. The summed E-state index contributed by atoms with van der Waals surface area (Å²) in [5, 5.41) is 3.32. The zero-order valence-electron chi connectivity index (χ0n) is 11.8. The van der Waals surface area contributed by atoms with Gasteiger partial charge in [0.15, 0.2) is 0 Å². The van der Waals surface area contributed by atoms with E-state index in [-0.39, 0.29) is 12.4 Å². The summed E-state index contributed by atoms with van der Waals surface area (Å²) in [4.78, 5) is 14.6. The Hall–Kier alpha value is -0.280. The molecule has 3 aliphatic rings. The molecule has 3 fully saturated rings. The minimum Gasteiger partial charge on any atom is -0.340 e. The normalized spacial score (nSPS) is 35.2. The monoisotopic (exact) mass is 286 g/mol. The van der Waals surface area contributed by atoms with E-state index in [1.807, 2.05) is 0 Å². The summed E-state index contributed by atoms with van der Waals surface area (Å²) in [5.74, 6) is 2.62. The quantitative estimate of drug-likeness (QED) is 0.803. The summed E-state index contributed by atoms with van der Waals surface area (Å²) in [5.41, 5.74) is 0. The van der Waals surface area contributed by atoms with E-state index >= 15 is 0 Å². The molecule has 3 atom stereocenters. The predicted octanol–water partition coefficient (Wildman–Crippen LogP) is 2.45. The number of piperazine rings is 1. The van der Waals surface area contributed by atoms with E-state index in [2.05, 4.69) is 10.2 Å². The number of amides is 1. The fourth-order valence-electron chi connectivity index (χ4n) is 4.24. The number of nitrogens with one attached hydrogen (secondary N) is 1. The highest BCUT2D eigenvalue weighted by atomic mass is 35.5. The lowest BCUT2D eigenvalue weighted by atomic mass is 9.67. The zero-order chi connectivity index (χ0) is 12.4. The largest absolute Gasteiger partial charge is 0.340 e. The van der Waals surface area contributed by atoms with Gasteiger partial charge in [-0.25, -0.2) is 0 Å². The van der Waals surface area contributed by atoms with Gasteiger partial charge in [0.1, 0.15) is 0 Å². The van der Waals surface area contributed by atoms with Crippen LogP contribution < -0.4 is 5.32 Å². The van der Waals surface area contributed by atoms with Gasteiger partial charge in [0, 0.05) is 32.1 Å². The molecule has 110 valence electrons. The van der Waals surface area contributed by atoms with Crippen molar-refractivity contribution in [1.82, 2.24) is 10.2 Å². The number of fused-ring (bicyclic) bond motifs is 1. The zero-order valence-corrected chi connectivity index (χ0v) is 12.6. The molecule has 1 aliphatic heterocycles. The molecule has 3 nitrogen and oxygen atoms in total. The fraction of sp³-hybridized carbons (Fsp3) is 0.933. The lowest BCUT2D eigenvalue weighted by Crippen LogP contribution is -2.49. The second kappa shape index (κ2) is 6.94. The molecule has 0 aromatic carbocycles. The van der Waals surface area contributed by atoms with Crippen LogP contribution in [0.1, 0.15) is 44.9 Å². The SMILES string of the molecule is Cl.O=C(C1CCC2CCCCC2C1)N1CCNCC1. The minimum absolute atomic E-state index is 0. The van der Waals surface area contributed by atoms with E-state index < -0.39 is 0 Å². The van der Waals surface area contributed by atoms with Gasteiger partial charge in [-0.1, -0.05) is 25.7 Å². The molecule has 1 saturated heterocycles. The molecule has 0 bridgehead atoms. The van der Waals surface area contributed by atoms with Gasteiger partial charge in [0.2, 0.25) is 5.91 Å². The molecule has 0 aromatic rings. The Morgan fingerprint density at radius 2 is 1.63 bits per heavy atom. The molecule has 19 heavy (non-hydrogen) atoms. The molecular weight excluding hydrogens is 260 g/mol. The van der Waals surface area contributed by atoms with Crippen LogP contribution in [0.25, 0.3) is 0 Å². The van der Waals surface area contributed by atoms with Crippen LogP contribution in [-0.2, 0) is 4.79 Å². The summed E-state index contributed by atoms with van der Waals surface area (Å²) in [7, 11) is 0. The molecule has 3 rings (SSSR count). The van der Waals surface area contributed by atoms with Crippen LogP contribution in [-0.4, -0.2) is 37.0 Å². The molecular formula is C15H27ClN2O. The summed E-state index contributed by atoms with van der Waals surface area (Å²) >= 11 is 0. The average molecular weight is 287 g/mol. The first-order valence-electron chi connectivity index (χ1n) is 7.84. The van der Waals surface area contributed by atoms with Gasteiger partial charge in [0.25, 0.3) is 0 Å². The smallest absolute Gasteiger partial charge is 0.225 e. The lowest BCUT2D eigenvalue weighted by Gasteiger charge is -2.40. The molecule has 3 unspecified atom stereocenters. The first-order chi connectivity index (χ1) is 8.84. The maximum Gasteiger partial charge on any atom is 0.225 e. The van der Waals surface area contributed by atoms with Crippen LogP contribution in [0, 0.1) is 17.8 Å². The number of nitrogens with zero attached hydrogens (tertiary/aromatic N) is 1. The van der Waals surface area contributed by atoms with Crippen LogP contribution in [0.2, 0.25) is 0 Å². The number of hydrogen-bond donors (Lipinski definition) is 1. The molecule has 1 N–H and O–H groups in total. The van der Waals surface area contributed by atoms with Crippen molar-refractivity contribution in [3.63, 3.8) is 0 Å². The second-order valence-corrected chi connectivity index (χ2v) is 6.39. The van der Waals surface area contributed by atoms with Crippen molar-refractivity contribution in [1.29, 1.82) is 0 Å². The molecule has 1 amide bonds. The van der Waals surface area contributed by atoms with Gasteiger partial charge in [-0.2, -0.15) is 0 Å². The molecule has 0 radical (unpaired) electrons. The van der Waals surface area contributed by atoms with Crippen molar-refractivity contribution in [3.05, 3.63) is 0 Å². The van der Waals surface area contributed by atoms with Crippen molar-refractivity contribution in [2.45, 2.75) is 44.9 Å². The molecule has 4 heteroatoms. The summed E-state index contributed by atoms with van der Waals surface area (Å²) in [6.45, 7) is 3.79. The van der Waals surface area contributed by atoms with Gasteiger partial charge in [-0.05, 0) is 31.1 Å². The van der Waals surface area contributed by atoms with Crippen molar-refractivity contribution in [2.75, 3.05) is 26.2 Å². The number of carbonyl (C=O) groups is 1. The van der Waals surface area contributed by atoms with Gasteiger partial charge >= 0.3 is 0 Å². The van der Waals surface area contributed by atoms with Gasteiger partial charge in [-0.3, -0.25) is 4.79 Å². The van der Waals surface area contributed by atoms with Gasteiger partial charge < -0.3 is 10.2 Å². The number of halogens is 1. The van der Waals surface area contributed by atoms with Crippen molar-refractivity contribution >= 4 is 18.3 Å². The number of hydrogen-bond acceptors (Lipinski definition) is 2. The van der Waals surface area contributed by atoms with Crippen LogP contribution >= 0.6 is 12.4 Å². The average Bonchev–Trinajstić information content (AvgIpc) is 2.47. The highest BCUT2D eigenvalue weighted by molar-refractivity contribution is 5.85. The lowest BCUT2D eigenvalue weighted by molar-refractivity contribution is -0.138. The molecule has 1 heterocycles. The third-order valence-electron chi connectivity index (χ3n) is 5.32. The Balaban J connectivity index is 0.00000133. The third-order valence-corrected chi connectivity index (χ3v) is 5.32. The Morgan fingerprint density at radius 1 is 0.947 bits per heavy atom. The Morgan fingerprint density at radius 3 is 2.37 bits per heavy atom. The van der Waals surface area contributed by atoms with E-state index in [0.29, 0.717) is 11.8 Å². The standard InChI is InChI=1S/C15H26N2O.ClH/c18-15(17-9-7-16-8-10-17)14-6-5-12-3-1-2-4-13(12)11-14;/h12-14,16H,1-11H2;1H. The fourth-order valence-corrected chi connectivity index (χ4v) is 4.24. The van der Waals surface area contributed by atoms with E-state index in [1.165, 1.54) is 38.5 Å². The van der Waals surface area contributed by atoms with Crippen LogP contribution in [0.4, 0.5) is 0 Å². The Bertz CT molecular complexity index is 305. The number of rotatable bonds is 1. The maximum atomic E-state index is 12.5. The third kappa shape index (κ3) is 3.43. The predicted molar refractivity (Wildman–Crippen MR) is 79.5 cm³/mol. The van der Waals surface area contributed by atoms with E-state index in [1.54, 1.807) is 0 Å². The van der Waals surface area contributed by atoms with Gasteiger partial charge in [0.05, 0.1) is 0 Å². The maximum absolute atomic E-state index is 12.5. The molecule has 0 aromatic heterocycles. The Kier molecular flexibility index (Phi) is 5.52. The topological polar surface area (TPSA) is 32.3 Å². The van der Waals surface area contributed by atoms with E-state index in [9.17, 15) is 4.79 Å². The van der Waals surface area contributed by atoms with Crippen molar-refractivity contribution in [2.24, 2.45) is 17.8 Å². The van der Waals surface area contributed by atoms with Crippen LogP contribution in [0.3, 0.4) is 0 Å². The van der Waals surface area contributed by atoms with Crippen molar-refractivity contribution in [3.8, 4) is 0 Å². The summed E-state index contributed by atoms with van der Waals surface area (Å²) in [6, 6.07) is 0. The summed E-state index contributed by atoms with van der Waals surface area (Å²) in [6.07, 6.45) is 9.30.